The van der Waals surface area contributed by atoms with Crippen molar-refractivity contribution < 1.29 is 17.6 Å². The molecule has 2 aromatic carbocycles. The van der Waals surface area contributed by atoms with E-state index >= 15 is 0 Å². The number of carbonyl (C=O) groups is 1. The van der Waals surface area contributed by atoms with Gasteiger partial charge in [0.15, 0.2) is 5.84 Å². The number of benzene rings is 2. The number of sulfonamides is 1. The predicted octanol–water partition coefficient (Wildman–Crippen LogP) is 2.35. The van der Waals surface area contributed by atoms with Crippen LogP contribution in [-0.2, 0) is 21.2 Å². The summed E-state index contributed by atoms with van der Waals surface area (Å²) in [5.74, 6) is 0.0322. The van der Waals surface area contributed by atoms with E-state index in [1.54, 1.807) is 42.5 Å². The molecule has 1 amide bonds. The van der Waals surface area contributed by atoms with Crippen molar-refractivity contribution in [2.24, 2.45) is 10.3 Å². The molecule has 0 saturated carbocycles. The van der Waals surface area contributed by atoms with Gasteiger partial charge >= 0.3 is 0 Å². The zero-order valence-electron chi connectivity index (χ0n) is 15.8. The number of amidine groups is 1. The van der Waals surface area contributed by atoms with Crippen molar-refractivity contribution >= 4 is 21.8 Å². The molecule has 1 N–H and O–H groups in total. The van der Waals surface area contributed by atoms with Gasteiger partial charge in [0.2, 0.25) is 5.91 Å². The first-order chi connectivity index (χ1) is 14.0. The molecule has 2 aliphatic heterocycles. The van der Waals surface area contributed by atoms with Crippen LogP contribution in [0.25, 0.3) is 0 Å². The molecule has 0 aliphatic carbocycles. The van der Waals surface area contributed by atoms with Gasteiger partial charge in [-0.3, -0.25) is 4.79 Å². The fourth-order valence-corrected chi connectivity index (χ4v) is 5.06. The number of amides is 1. The molecule has 1 saturated heterocycles. The van der Waals surface area contributed by atoms with Crippen molar-refractivity contribution in [3.63, 3.8) is 0 Å². The van der Waals surface area contributed by atoms with Gasteiger partial charge < -0.3 is 10.2 Å². The van der Waals surface area contributed by atoms with Gasteiger partial charge in [-0.2, -0.15) is 8.42 Å². The third-order valence-electron chi connectivity index (χ3n) is 5.43. The average molecular weight is 415 g/mol. The van der Waals surface area contributed by atoms with E-state index in [0.29, 0.717) is 55.9 Å². The Kier molecular flexibility index (Phi) is 5.36. The second-order valence-corrected chi connectivity index (χ2v) is 8.85. The fourth-order valence-electron chi connectivity index (χ4n) is 3.84. The Hall–Kier alpha value is -2.74. The second kappa shape index (κ2) is 7.94. The highest BCUT2D eigenvalue weighted by Gasteiger charge is 2.34. The summed E-state index contributed by atoms with van der Waals surface area (Å²) in [5.41, 5.74) is 1.21. The SMILES string of the molecule is O=C(NCCc1ccccc1F)C1CCN(C2=NS(=O)(=O)c3ccccc32)CC1. The fraction of sp³-hybridized carbons (Fsp3) is 0.333. The number of hydrogen-bond acceptors (Lipinski definition) is 4. The normalized spacial score (nSPS) is 18.2. The van der Waals surface area contributed by atoms with E-state index in [2.05, 4.69) is 9.71 Å². The summed E-state index contributed by atoms with van der Waals surface area (Å²) < 4.78 is 42.1. The van der Waals surface area contributed by atoms with Crippen molar-refractivity contribution in [2.45, 2.75) is 24.2 Å². The van der Waals surface area contributed by atoms with Gasteiger partial charge in [0, 0.05) is 31.1 Å². The van der Waals surface area contributed by atoms with E-state index in [-0.39, 0.29) is 22.5 Å². The van der Waals surface area contributed by atoms with E-state index in [9.17, 15) is 17.6 Å². The van der Waals surface area contributed by atoms with Gasteiger partial charge in [0.05, 0.1) is 0 Å². The average Bonchev–Trinajstić information content (AvgIpc) is 3.01. The van der Waals surface area contributed by atoms with Crippen LogP contribution in [0.5, 0.6) is 0 Å². The minimum absolute atomic E-state index is 0.0395. The number of rotatable bonds is 4. The first-order valence-corrected chi connectivity index (χ1v) is 11.1. The van der Waals surface area contributed by atoms with Crippen LogP contribution in [0.1, 0.15) is 24.0 Å². The van der Waals surface area contributed by atoms with E-state index < -0.39 is 10.0 Å². The first kappa shape index (κ1) is 19.6. The van der Waals surface area contributed by atoms with Crippen molar-refractivity contribution in [2.75, 3.05) is 19.6 Å². The van der Waals surface area contributed by atoms with Crippen molar-refractivity contribution in [3.05, 3.63) is 65.5 Å². The Morgan fingerprint density at radius 1 is 1.10 bits per heavy atom. The summed E-state index contributed by atoms with van der Waals surface area (Å²) in [6.45, 7) is 1.51. The van der Waals surface area contributed by atoms with Gasteiger partial charge in [-0.25, -0.2) is 4.39 Å². The number of halogens is 1. The molecular weight excluding hydrogens is 393 g/mol. The maximum absolute atomic E-state index is 13.6. The van der Waals surface area contributed by atoms with Crippen LogP contribution in [0.2, 0.25) is 0 Å². The van der Waals surface area contributed by atoms with Crippen LogP contribution in [0.3, 0.4) is 0 Å². The minimum Gasteiger partial charge on any atom is -0.356 e. The Morgan fingerprint density at radius 2 is 1.79 bits per heavy atom. The number of likely N-dealkylation sites (tertiary alicyclic amines) is 1. The minimum atomic E-state index is -3.64. The van der Waals surface area contributed by atoms with Crippen LogP contribution in [0, 0.1) is 11.7 Å². The Bertz CT molecular complexity index is 1060. The van der Waals surface area contributed by atoms with Crippen LogP contribution in [0.15, 0.2) is 57.8 Å². The number of nitrogens with zero attached hydrogens (tertiary/aromatic N) is 2. The third kappa shape index (κ3) is 4.03. The smallest absolute Gasteiger partial charge is 0.285 e. The standard InChI is InChI=1S/C21H22FN3O3S/c22-18-7-3-1-5-15(18)9-12-23-21(26)16-10-13-25(14-11-16)20-17-6-2-4-8-19(17)29(27,28)24-20/h1-8,16H,9-14H2,(H,23,26). The van der Waals surface area contributed by atoms with E-state index in [1.165, 1.54) is 6.07 Å². The molecule has 0 bridgehead atoms. The molecular formula is C21H22FN3O3S. The lowest BCUT2D eigenvalue weighted by molar-refractivity contribution is -0.126. The molecule has 0 radical (unpaired) electrons. The summed E-state index contributed by atoms with van der Waals surface area (Å²) in [5, 5.41) is 2.89. The predicted molar refractivity (Wildman–Crippen MR) is 108 cm³/mol. The highest BCUT2D eigenvalue weighted by atomic mass is 32.2. The summed E-state index contributed by atoms with van der Waals surface area (Å²) in [4.78, 5) is 14.6. The summed E-state index contributed by atoms with van der Waals surface area (Å²) >= 11 is 0. The molecule has 152 valence electrons. The number of piperidine rings is 1. The molecule has 2 aliphatic rings. The van der Waals surface area contributed by atoms with E-state index in [1.807, 2.05) is 4.90 Å². The largest absolute Gasteiger partial charge is 0.356 e. The summed E-state index contributed by atoms with van der Waals surface area (Å²) in [6.07, 6.45) is 1.68. The molecule has 29 heavy (non-hydrogen) atoms. The number of carbonyl (C=O) groups excluding carboxylic acids is 1. The van der Waals surface area contributed by atoms with Crippen LogP contribution in [-0.4, -0.2) is 44.7 Å². The zero-order chi connectivity index (χ0) is 20.4. The van der Waals surface area contributed by atoms with Crippen LogP contribution >= 0.6 is 0 Å². The monoisotopic (exact) mass is 415 g/mol. The van der Waals surface area contributed by atoms with E-state index in [0.717, 1.165) is 0 Å². The van der Waals surface area contributed by atoms with Gasteiger partial charge in [-0.1, -0.05) is 30.3 Å². The van der Waals surface area contributed by atoms with Crippen molar-refractivity contribution in [1.29, 1.82) is 0 Å². The molecule has 0 unspecified atom stereocenters. The van der Waals surface area contributed by atoms with Gasteiger partial charge in [-0.15, -0.1) is 4.40 Å². The maximum Gasteiger partial charge on any atom is 0.285 e. The van der Waals surface area contributed by atoms with Crippen molar-refractivity contribution in [3.8, 4) is 0 Å². The Labute approximate surface area is 169 Å². The number of hydrogen-bond donors (Lipinski definition) is 1. The Balaban J connectivity index is 1.32. The molecule has 6 nitrogen and oxygen atoms in total. The molecule has 2 aromatic rings. The number of fused-ring (bicyclic) bond motifs is 1. The van der Waals surface area contributed by atoms with Gasteiger partial charge in [0.25, 0.3) is 10.0 Å². The molecule has 4 rings (SSSR count). The lowest BCUT2D eigenvalue weighted by atomic mass is 9.95. The summed E-state index contributed by atoms with van der Waals surface area (Å²) in [6, 6.07) is 13.4. The molecule has 8 heteroatoms. The Morgan fingerprint density at radius 3 is 2.55 bits per heavy atom. The quantitative estimate of drug-likeness (QED) is 0.832. The van der Waals surface area contributed by atoms with Crippen LogP contribution in [0.4, 0.5) is 4.39 Å². The highest BCUT2D eigenvalue weighted by Crippen LogP contribution is 2.29. The zero-order valence-corrected chi connectivity index (χ0v) is 16.7. The van der Waals surface area contributed by atoms with E-state index in [4.69, 9.17) is 0 Å². The van der Waals surface area contributed by atoms with Gasteiger partial charge in [0.1, 0.15) is 10.7 Å². The maximum atomic E-state index is 13.6. The summed E-state index contributed by atoms with van der Waals surface area (Å²) in [7, 11) is -3.64. The second-order valence-electron chi connectivity index (χ2n) is 7.28. The molecule has 1 fully saturated rings. The molecule has 2 heterocycles. The molecule has 0 atom stereocenters. The van der Waals surface area contributed by atoms with Crippen LogP contribution < -0.4 is 5.32 Å². The first-order valence-electron chi connectivity index (χ1n) is 9.66. The number of nitrogens with one attached hydrogen (secondary N) is 1. The third-order valence-corrected chi connectivity index (χ3v) is 6.75. The van der Waals surface area contributed by atoms with Gasteiger partial charge in [-0.05, 0) is 43.0 Å². The lowest BCUT2D eigenvalue weighted by Gasteiger charge is -2.32. The van der Waals surface area contributed by atoms with Crippen molar-refractivity contribution in [1.82, 2.24) is 10.2 Å². The highest BCUT2D eigenvalue weighted by molar-refractivity contribution is 7.90. The topological polar surface area (TPSA) is 78.8 Å². The molecule has 0 aromatic heterocycles. The molecule has 0 spiro atoms. The lowest BCUT2D eigenvalue weighted by Crippen LogP contribution is -2.43.